The van der Waals surface area contributed by atoms with Crippen molar-refractivity contribution in [2.75, 3.05) is 19.5 Å². The zero-order valence-electron chi connectivity index (χ0n) is 15.2. The Balaban J connectivity index is 1.63. The molecule has 0 spiro atoms. The van der Waals surface area contributed by atoms with Gasteiger partial charge in [0.2, 0.25) is 5.91 Å². The van der Waals surface area contributed by atoms with E-state index in [-0.39, 0.29) is 12.5 Å². The van der Waals surface area contributed by atoms with Crippen LogP contribution in [0.3, 0.4) is 0 Å². The van der Waals surface area contributed by atoms with Crippen LogP contribution in [0.25, 0.3) is 21.7 Å². The van der Waals surface area contributed by atoms with Gasteiger partial charge >= 0.3 is 0 Å². The number of methoxy groups -OCH3 is 2. The number of anilines is 1. The molecule has 1 heterocycles. The molecule has 0 unspecified atom stereocenters. The SMILES string of the molecule is COc1cc(OC)c2ccn(CC(=O)Nc3cccc4ccccc34)c2c1. The van der Waals surface area contributed by atoms with Crippen molar-refractivity contribution in [3.05, 3.63) is 66.9 Å². The zero-order chi connectivity index (χ0) is 18.8. The van der Waals surface area contributed by atoms with Crippen LogP contribution in [0, 0.1) is 0 Å². The molecule has 4 rings (SSSR count). The lowest BCUT2D eigenvalue weighted by atomic mass is 10.1. The lowest BCUT2D eigenvalue weighted by Crippen LogP contribution is -2.18. The van der Waals surface area contributed by atoms with Crippen LogP contribution in [0.15, 0.2) is 66.9 Å². The maximum absolute atomic E-state index is 12.7. The van der Waals surface area contributed by atoms with Crippen LogP contribution >= 0.6 is 0 Å². The number of fused-ring (bicyclic) bond motifs is 2. The average Bonchev–Trinajstić information content (AvgIpc) is 3.10. The highest BCUT2D eigenvalue weighted by Gasteiger charge is 2.12. The zero-order valence-corrected chi connectivity index (χ0v) is 15.2. The minimum atomic E-state index is -0.0920. The molecule has 0 radical (unpaired) electrons. The van der Waals surface area contributed by atoms with E-state index in [9.17, 15) is 4.79 Å². The minimum Gasteiger partial charge on any atom is -0.497 e. The first-order chi connectivity index (χ1) is 13.2. The number of rotatable bonds is 5. The van der Waals surface area contributed by atoms with Gasteiger partial charge < -0.3 is 19.4 Å². The van der Waals surface area contributed by atoms with Crippen molar-refractivity contribution in [1.82, 2.24) is 4.57 Å². The van der Waals surface area contributed by atoms with E-state index in [0.29, 0.717) is 5.75 Å². The average molecular weight is 360 g/mol. The van der Waals surface area contributed by atoms with Crippen molar-refractivity contribution in [3.63, 3.8) is 0 Å². The number of carbonyl (C=O) groups is 1. The third kappa shape index (κ3) is 3.19. The Kier molecular flexibility index (Phi) is 4.42. The number of aromatic nitrogens is 1. The summed E-state index contributed by atoms with van der Waals surface area (Å²) in [7, 11) is 3.24. The van der Waals surface area contributed by atoms with E-state index in [1.165, 1.54) is 0 Å². The van der Waals surface area contributed by atoms with Gasteiger partial charge in [0.15, 0.2) is 0 Å². The lowest BCUT2D eigenvalue weighted by molar-refractivity contribution is -0.116. The largest absolute Gasteiger partial charge is 0.497 e. The van der Waals surface area contributed by atoms with Crippen LogP contribution in [0.4, 0.5) is 5.69 Å². The Hall–Kier alpha value is -3.47. The molecule has 136 valence electrons. The third-order valence-corrected chi connectivity index (χ3v) is 4.66. The van der Waals surface area contributed by atoms with Gasteiger partial charge in [-0.15, -0.1) is 0 Å². The summed E-state index contributed by atoms with van der Waals surface area (Å²) in [5.41, 5.74) is 1.70. The van der Waals surface area contributed by atoms with Crippen LogP contribution in [0.2, 0.25) is 0 Å². The van der Waals surface area contributed by atoms with Crippen molar-refractivity contribution in [3.8, 4) is 11.5 Å². The van der Waals surface area contributed by atoms with Gasteiger partial charge in [-0.2, -0.15) is 0 Å². The predicted octanol–water partition coefficient (Wildman–Crippen LogP) is 4.45. The van der Waals surface area contributed by atoms with Gasteiger partial charge in [0.05, 0.1) is 19.7 Å². The number of nitrogens with one attached hydrogen (secondary N) is 1. The second-order valence-electron chi connectivity index (χ2n) is 6.28. The van der Waals surface area contributed by atoms with Crippen LogP contribution < -0.4 is 14.8 Å². The van der Waals surface area contributed by atoms with E-state index in [0.717, 1.165) is 33.1 Å². The van der Waals surface area contributed by atoms with Gasteiger partial charge in [0.1, 0.15) is 18.0 Å². The smallest absolute Gasteiger partial charge is 0.244 e. The number of hydrogen-bond donors (Lipinski definition) is 1. The van der Waals surface area contributed by atoms with E-state index in [2.05, 4.69) is 5.32 Å². The van der Waals surface area contributed by atoms with Crippen molar-refractivity contribution in [1.29, 1.82) is 0 Å². The standard InChI is InChI=1S/C22H20N2O3/c1-26-16-12-20-18(21(13-16)27-2)10-11-24(20)14-22(25)23-19-9-5-7-15-6-3-4-8-17(15)19/h3-13H,14H2,1-2H3,(H,23,25). The number of amides is 1. The molecule has 1 aromatic heterocycles. The molecule has 0 aliphatic rings. The number of carbonyl (C=O) groups excluding carboxylic acids is 1. The number of hydrogen-bond acceptors (Lipinski definition) is 3. The monoisotopic (exact) mass is 360 g/mol. The topological polar surface area (TPSA) is 52.5 Å². The first-order valence-electron chi connectivity index (χ1n) is 8.68. The molecule has 0 saturated carbocycles. The van der Waals surface area contributed by atoms with Gasteiger partial charge in [-0.25, -0.2) is 0 Å². The highest BCUT2D eigenvalue weighted by Crippen LogP contribution is 2.32. The number of benzene rings is 3. The molecule has 5 heteroatoms. The lowest BCUT2D eigenvalue weighted by Gasteiger charge is -2.11. The van der Waals surface area contributed by atoms with Crippen molar-refractivity contribution in [2.24, 2.45) is 0 Å². The predicted molar refractivity (Wildman–Crippen MR) is 108 cm³/mol. The van der Waals surface area contributed by atoms with Crippen molar-refractivity contribution < 1.29 is 14.3 Å². The summed E-state index contributed by atoms with van der Waals surface area (Å²) in [5.74, 6) is 1.32. The fourth-order valence-corrected chi connectivity index (χ4v) is 3.34. The summed E-state index contributed by atoms with van der Waals surface area (Å²) in [4.78, 5) is 12.7. The molecule has 0 bridgehead atoms. The molecule has 0 aliphatic heterocycles. The number of ether oxygens (including phenoxy) is 2. The molecular formula is C22H20N2O3. The Morgan fingerprint density at radius 1 is 0.963 bits per heavy atom. The summed E-state index contributed by atoms with van der Waals surface area (Å²) < 4.78 is 12.7. The summed E-state index contributed by atoms with van der Waals surface area (Å²) in [6.45, 7) is 0.197. The van der Waals surface area contributed by atoms with E-state index in [1.807, 2.05) is 71.4 Å². The quantitative estimate of drug-likeness (QED) is 0.572. The molecule has 1 amide bonds. The maximum Gasteiger partial charge on any atom is 0.244 e. The van der Waals surface area contributed by atoms with E-state index >= 15 is 0 Å². The first-order valence-corrected chi connectivity index (χ1v) is 8.68. The van der Waals surface area contributed by atoms with Crippen LogP contribution in [0.1, 0.15) is 0 Å². The highest BCUT2D eigenvalue weighted by atomic mass is 16.5. The van der Waals surface area contributed by atoms with Gasteiger partial charge in [-0.3, -0.25) is 4.79 Å². The minimum absolute atomic E-state index is 0.0920. The maximum atomic E-state index is 12.7. The molecular weight excluding hydrogens is 340 g/mol. The molecule has 27 heavy (non-hydrogen) atoms. The Morgan fingerprint density at radius 2 is 1.78 bits per heavy atom. The Labute approximate surface area is 157 Å². The first kappa shape index (κ1) is 17.0. The van der Waals surface area contributed by atoms with Crippen LogP contribution in [-0.2, 0) is 11.3 Å². The Morgan fingerprint density at radius 3 is 2.59 bits per heavy atom. The molecule has 0 saturated heterocycles. The van der Waals surface area contributed by atoms with E-state index < -0.39 is 0 Å². The summed E-state index contributed by atoms with van der Waals surface area (Å²) in [6.07, 6.45) is 1.88. The molecule has 4 aromatic rings. The second-order valence-corrected chi connectivity index (χ2v) is 6.28. The van der Waals surface area contributed by atoms with Gasteiger partial charge in [0.25, 0.3) is 0 Å². The highest BCUT2D eigenvalue weighted by molar-refractivity contribution is 6.02. The fourth-order valence-electron chi connectivity index (χ4n) is 3.34. The van der Waals surface area contributed by atoms with Gasteiger partial charge in [-0.05, 0) is 17.5 Å². The molecule has 1 N–H and O–H groups in total. The normalized spacial score (nSPS) is 10.9. The van der Waals surface area contributed by atoms with Crippen molar-refractivity contribution in [2.45, 2.75) is 6.54 Å². The van der Waals surface area contributed by atoms with Gasteiger partial charge in [0, 0.05) is 34.8 Å². The van der Waals surface area contributed by atoms with Crippen LogP contribution in [-0.4, -0.2) is 24.7 Å². The Bertz CT molecular complexity index is 1130. The molecule has 0 atom stereocenters. The molecule has 0 fully saturated rings. The third-order valence-electron chi connectivity index (χ3n) is 4.66. The summed E-state index contributed by atoms with van der Waals surface area (Å²) in [5, 5.41) is 6.08. The second kappa shape index (κ2) is 7.03. The number of nitrogens with zero attached hydrogens (tertiary/aromatic N) is 1. The summed E-state index contributed by atoms with van der Waals surface area (Å²) in [6, 6.07) is 19.6. The van der Waals surface area contributed by atoms with E-state index in [1.54, 1.807) is 14.2 Å². The molecule has 3 aromatic carbocycles. The van der Waals surface area contributed by atoms with E-state index in [4.69, 9.17) is 9.47 Å². The molecule has 0 aliphatic carbocycles. The van der Waals surface area contributed by atoms with Gasteiger partial charge in [-0.1, -0.05) is 36.4 Å². The fraction of sp³-hybridized carbons (Fsp3) is 0.136. The molecule has 5 nitrogen and oxygen atoms in total. The van der Waals surface area contributed by atoms with Crippen LogP contribution in [0.5, 0.6) is 11.5 Å². The summed E-state index contributed by atoms with van der Waals surface area (Å²) >= 11 is 0. The van der Waals surface area contributed by atoms with Crippen molar-refractivity contribution >= 4 is 33.3 Å².